The molecule has 21 heavy (non-hydrogen) atoms. The smallest absolute Gasteiger partial charge is 0.0233 e. The fourth-order valence-electron chi connectivity index (χ4n) is 3.08. The van der Waals surface area contributed by atoms with Crippen LogP contribution in [-0.2, 0) is 13.0 Å². The second-order valence-corrected chi connectivity index (χ2v) is 6.12. The van der Waals surface area contributed by atoms with E-state index in [1.54, 1.807) is 0 Å². The van der Waals surface area contributed by atoms with E-state index in [0.29, 0.717) is 6.04 Å². The highest BCUT2D eigenvalue weighted by Gasteiger charge is 2.16. The summed E-state index contributed by atoms with van der Waals surface area (Å²) in [5.74, 6) is 0. The van der Waals surface area contributed by atoms with E-state index < -0.39 is 0 Å². The number of nitrogens with zero attached hydrogens (tertiary/aromatic N) is 2. The van der Waals surface area contributed by atoms with Crippen LogP contribution in [0.1, 0.15) is 31.9 Å². The Morgan fingerprint density at radius 2 is 1.62 bits per heavy atom. The van der Waals surface area contributed by atoms with Gasteiger partial charge in [-0.1, -0.05) is 38.1 Å². The van der Waals surface area contributed by atoms with Crippen LogP contribution in [0.5, 0.6) is 0 Å². The van der Waals surface area contributed by atoms with Crippen LogP contribution in [0.15, 0.2) is 24.3 Å². The van der Waals surface area contributed by atoms with Gasteiger partial charge in [-0.3, -0.25) is 9.80 Å². The molecule has 1 aromatic rings. The molecule has 1 aromatic carbocycles. The van der Waals surface area contributed by atoms with Crippen molar-refractivity contribution in [1.29, 1.82) is 0 Å². The van der Waals surface area contributed by atoms with Crippen molar-refractivity contribution in [2.24, 2.45) is 0 Å². The predicted octanol–water partition coefficient (Wildman–Crippen LogP) is 2.36. The maximum atomic E-state index is 3.42. The monoisotopic (exact) mass is 289 g/mol. The molecule has 1 unspecified atom stereocenters. The summed E-state index contributed by atoms with van der Waals surface area (Å²) in [5, 5.41) is 3.42. The van der Waals surface area contributed by atoms with E-state index in [4.69, 9.17) is 0 Å². The third-order valence-corrected chi connectivity index (χ3v) is 4.63. The minimum atomic E-state index is 0.640. The Labute approximate surface area is 130 Å². The molecule has 3 heteroatoms. The van der Waals surface area contributed by atoms with E-state index in [0.717, 1.165) is 39.1 Å². The van der Waals surface area contributed by atoms with E-state index in [1.807, 2.05) is 0 Å². The molecular weight excluding hydrogens is 258 g/mol. The standard InChI is InChI=1S/C18H31N3/c1-4-20(5-2)15-18-8-6-17(7-9-18)14-16(3)21-12-10-19-11-13-21/h6-9,16,19H,4-5,10-15H2,1-3H3. The van der Waals surface area contributed by atoms with E-state index in [-0.39, 0.29) is 0 Å². The quantitative estimate of drug-likeness (QED) is 0.831. The maximum absolute atomic E-state index is 3.42. The van der Waals surface area contributed by atoms with Gasteiger partial charge in [-0.15, -0.1) is 0 Å². The second kappa shape index (κ2) is 8.52. The second-order valence-electron chi connectivity index (χ2n) is 6.12. The lowest BCUT2D eigenvalue weighted by atomic mass is 10.0. The van der Waals surface area contributed by atoms with Gasteiger partial charge in [0.2, 0.25) is 0 Å². The van der Waals surface area contributed by atoms with Gasteiger partial charge in [0, 0.05) is 38.8 Å². The summed E-state index contributed by atoms with van der Waals surface area (Å²) in [6, 6.07) is 9.88. The zero-order valence-electron chi connectivity index (χ0n) is 13.9. The van der Waals surface area contributed by atoms with Gasteiger partial charge in [0.25, 0.3) is 0 Å². The van der Waals surface area contributed by atoms with E-state index in [1.165, 1.54) is 24.2 Å². The molecule has 3 nitrogen and oxygen atoms in total. The molecule has 1 aliphatic heterocycles. The lowest BCUT2D eigenvalue weighted by Gasteiger charge is -2.32. The van der Waals surface area contributed by atoms with Crippen LogP contribution < -0.4 is 5.32 Å². The Balaban J connectivity index is 1.86. The molecule has 1 heterocycles. The van der Waals surface area contributed by atoms with Gasteiger partial charge < -0.3 is 5.32 Å². The van der Waals surface area contributed by atoms with Gasteiger partial charge in [-0.2, -0.15) is 0 Å². The lowest BCUT2D eigenvalue weighted by molar-refractivity contribution is 0.183. The SMILES string of the molecule is CCN(CC)Cc1ccc(CC(C)N2CCNCC2)cc1. The van der Waals surface area contributed by atoms with Gasteiger partial charge in [-0.05, 0) is 37.6 Å². The number of piperazine rings is 1. The Morgan fingerprint density at radius 3 is 2.19 bits per heavy atom. The predicted molar refractivity (Wildman–Crippen MR) is 90.7 cm³/mol. The highest BCUT2D eigenvalue weighted by Crippen LogP contribution is 2.12. The Morgan fingerprint density at radius 1 is 1.05 bits per heavy atom. The molecule has 2 rings (SSSR count). The van der Waals surface area contributed by atoms with Crippen LogP contribution in [0, 0.1) is 0 Å². The van der Waals surface area contributed by atoms with Crippen molar-refractivity contribution in [1.82, 2.24) is 15.1 Å². The van der Waals surface area contributed by atoms with E-state index >= 15 is 0 Å². The van der Waals surface area contributed by atoms with Crippen LogP contribution in [-0.4, -0.2) is 55.1 Å². The Hall–Kier alpha value is -0.900. The molecule has 1 saturated heterocycles. The maximum Gasteiger partial charge on any atom is 0.0233 e. The average Bonchev–Trinajstić information content (AvgIpc) is 2.55. The molecule has 1 N–H and O–H groups in total. The zero-order valence-corrected chi connectivity index (χ0v) is 13.9. The molecule has 0 aromatic heterocycles. The zero-order chi connectivity index (χ0) is 15.1. The van der Waals surface area contributed by atoms with Crippen molar-refractivity contribution in [2.45, 2.75) is 39.8 Å². The molecule has 1 aliphatic rings. The summed E-state index contributed by atoms with van der Waals surface area (Å²) in [6.07, 6.45) is 1.16. The summed E-state index contributed by atoms with van der Waals surface area (Å²) in [5.41, 5.74) is 2.89. The van der Waals surface area contributed by atoms with Gasteiger partial charge in [0.1, 0.15) is 0 Å². The number of nitrogens with one attached hydrogen (secondary N) is 1. The van der Waals surface area contributed by atoms with Gasteiger partial charge in [0.05, 0.1) is 0 Å². The van der Waals surface area contributed by atoms with Gasteiger partial charge in [0.15, 0.2) is 0 Å². The summed E-state index contributed by atoms with van der Waals surface area (Å²) in [7, 11) is 0. The molecule has 0 radical (unpaired) electrons. The fourth-order valence-corrected chi connectivity index (χ4v) is 3.08. The van der Waals surface area contributed by atoms with E-state index in [9.17, 15) is 0 Å². The van der Waals surface area contributed by atoms with Crippen molar-refractivity contribution in [3.8, 4) is 0 Å². The van der Waals surface area contributed by atoms with Crippen molar-refractivity contribution >= 4 is 0 Å². The van der Waals surface area contributed by atoms with Crippen molar-refractivity contribution in [2.75, 3.05) is 39.3 Å². The average molecular weight is 289 g/mol. The minimum absolute atomic E-state index is 0.640. The highest BCUT2D eigenvalue weighted by molar-refractivity contribution is 5.23. The molecule has 0 spiro atoms. The summed E-state index contributed by atoms with van der Waals surface area (Å²) in [6.45, 7) is 14.8. The first kappa shape index (κ1) is 16.5. The third-order valence-electron chi connectivity index (χ3n) is 4.63. The van der Waals surface area contributed by atoms with Crippen LogP contribution >= 0.6 is 0 Å². The minimum Gasteiger partial charge on any atom is -0.314 e. The van der Waals surface area contributed by atoms with Crippen LogP contribution in [0.2, 0.25) is 0 Å². The summed E-state index contributed by atoms with van der Waals surface area (Å²) < 4.78 is 0. The molecule has 0 saturated carbocycles. The van der Waals surface area contributed by atoms with Crippen LogP contribution in [0.3, 0.4) is 0 Å². The summed E-state index contributed by atoms with van der Waals surface area (Å²) >= 11 is 0. The summed E-state index contributed by atoms with van der Waals surface area (Å²) in [4.78, 5) is 5.05. The van der Waals surface area contributed by atoms with E-state index in [2.05, 4.69) is 60.2 Å². The first-order chi connectivity index (χ1) is 10.2. The normalized spacial score (nSPS) is 18.1. The largest absolute Gasteiger partial charge is 0.314 e. The molecule has 0 aliphatic carbocycles. The first-order valence-corrected chi connectivity index (χ1v) is 8.47. The third kappa shape index (κ3) is 5.10. The first-order valence-electron chi connectivity index (χ1n) is 8.47. The van der Waals surface area contributed by atoms with Crippen molar-refractivity contribution in [3.63, 3.8) is 0 Å². The highest BCUT2D eigenvalue weighted by atomic mass is 15.2. The number of benzene rings is 1. The molecule has 0 amide bonds. The van der Waals surface area contributed by atoms with Crippen molar-refractivity contribution in [3.05, 3.63) is 35.4 Å². The molecular formula is C18H31N3. The Kier molecular flexibility index (Phi) is 6.68. The van der Waals surface area contributed by atoms with Gasteiger partial charge >= 0.3 is 0 Å². The molecule has 1 fully saturated rings. The molecule has 1 atom stereocenters. The van der Waals surface area contributed by atoms with Crippen LogP contribution in [0.4, 0.5) is 0 Å². The van der Waals surface area contributed by atoms with Crippen molar-refractivity contribution < 1.29 is 0 Å². The topological polar surface area (TPSA) is 18.5 Å². The number of rotatable bonds is 7. The molecule has 118 valence electrons. The number of hydrogen-bond acceptors (Lipinski definition) is 3. The number of hydrogen-bond donors (Lipinski definition) is 1. The van der Waals surface area contributed by atoms with Gasteiger partial charge in [-0.25, -0.2) is 0 Å². The fraction of sp³-hybridized carbons (Fsp3) is 0.667. The van der Waals surface area contributed by atoms with Crippen LogP contribution in [0.25, 0.3) is 0 Å². The Bertz CT molecular complexity index is 391. The molecule has 0 bridgehead atoms. The lowest BCUT2D eigenvalue weighted by Crippen LogP contribution is -2.48.